The highest BCUT2D eigenvalue weighted by Crippen LogP contribution is 2.36. The second-order valence-electron chi connectivity index (χ2n) is 4.55. The lowest BCUT2D eigenvalue weighted by atomic mass is 10.0. The lowest BCUT2D eigenvalue weighted by Gasteiger charge is -2.11. The monoisotopic (exact) mass is 322 g/mol. The first-order valence-corrected chi connectivity index (χ1v) is 7.57. The maximum absolute atomic E-state index is 11.6. The second kappa shape index (κ2) is 6.97. The predicted octanol–water partition coefficient (Wildman–Crippen LogP) is 5.65. The number of carbonyl (C=O) groups is 1. The molecule has 0 fully saturated rings. The summed E-state index contributed by atoms with van der Waals surface area (Å²) in [7, 11) is 0. The fraction of sp³-hybridized carbons (Fsp3) is 0.235. The Morgan fingerprint density at radius 2 is 1.71 bits per heavy atom. The van der Waals surface area contributed by atoms with E-state index < -0.39 is 0 Å². The van der Waals surface area contributed by atoms with Crippen LogP contribution in [0.2, 0.25) is 10.0 Å². The molecule has 2 aromatic rings. The van der Waals surface area contributed by atoms with Gasteiger partial charge in [-0.25, -0.2) is 0 Å². The predicted molar refractivity (Wildman–Crippen MR) is 87.7 cm³/mol. The summed E-state index contributed by atoms with van der Waals surface area (Å²) < 4.78 is 5.41. The summed E-state index contributed by atoms with van der Waals surface area (Å²) in [5.74, 6) is 0.697. The highest BCUT2D eigenvalue weighted by molar-refractivity contribution is 6.36. The van der Waals surface area contributed by atoms with E-state index in [1.807, 2.05) is 38.1 Å². The molecule has 0 radical (unpaired) electrons. The second-order valence-corrected chi connectivity index (χ2v) is 5.36. The normalized spacial score (nSPS) is 10.5. The van der Waals surface area contributed by atoms with Crippen molar-refractivity contribution in [1.29, 1.82) is 0 Å². The summed E-state index contributed by atoms with van der Waals surface area (Å²) >= 11 is 12.5. The lowest BCUT2D eigenvalue weighted by Crippen LogP contribution is -1.96. The van der Waals surface area contributed by atoms with Crippen LogP contribution in [-0.4, -0.2) is 12.4 Å². The molecule has 110 valence electrons. The Labute approximate surface area is 134 Å². The number of halogens is 2. The highest BCUT2D eigenvalue weighted by atomic mass is 35.5. The van der Waals surface area contributed by atoms with Crippen LogP contribution in [0.15, 0.2) is 36.4 Å². The summed E-state index contributed by atoms with van der Waals surface area (Å²) in [6.07, 6.45) is 0.495. The van der Waals surface area contributed by atoms with Crippen molar-refractivity contribution < 1.29 is 9.53 Å². The standard InChI is InChI=1S/C17H16Cl2O2/c1-3-16(20)12-7-5-11(6-8-12)13-9-15(19)17(21-4-2)10-14(13)18/h5-10H,3-4H2,1-2H3. The number of ketones is 1. The van der Waals surface area contributed by atoms with Gasteiger partial charge in [0.05, 0.1) is 16.7 Å². The SMILES string of the molecule is CCOc1cc(Cl)c(-c2ccc(C(=O)CC)cc2)cc1Cl. The molecule has 2 nitrogen and oxygen atoms in total. The maximum atomic E-state index is 11.6. The first kappa shape index (κ1) is 15.9. The van der Waals surface area contributed by atoms with E-state index in [9.17, 15) is 4.79 Å². The van der Waals surface area contributed by atoms with E-state index in [4.69, 9.17) is 27.9 Å². The smallest absolute Gasteiger partial charge is 0.162 e. The van der Waals surface area contributed by atoms with Crippen molar-refractivity contribution in [2.75, 3.05) is 6.61 Å². The summed E-state index contributed by atoms with van der Waals surface area (Å²) in [6.45, 7) is 4.27. The molecule has 0 saturated heterocycles. The van der Waals surface area contributed by atoms with Gasteiger partial charge in [0.1, 0.15) is 5.75 Å². The molecule has 2 rings (SSSR count). The van der Waals surface area contributed by atoms with Crippen molar-refractivity contribution in [3.63, 3.8) is 0 Å². The van der Waals surface area contributed by atoms with E-state index in [-0.39, 0.29) is 5.78 Å². The first-order valence-electron chi connectivity index (χ1n) is 6.82. The largest absolute Gasteiger partial charge is 0.492 e. The zero-order valence-corrected chi connectivity index (χ0v) is 13.5. The molecule has 2 aromatic carbocycles. The fourth-order valence-corrected chi connectivity index (χ4v) is 2.54. The van der Waals surface area contributed by atoms with Crippen LogP contribution in [0, 0.1) is 0 Å². The zero-order valence-electron chi connectivity index (χ0n) is 12.0. The van der Waals surface area contributed by atoms with Gasteiger partial charge in [0.15, 0.2) is 5.78 Å². The third-order valence-electron chi connectivity index (χ3n) is 3.16. The minimum absolute atomic E-state index is 0.123. The molecule has 0 spiro atoms. The van der Waals surface area contributed by atoms with Gasteiger partial charge in [-0.3, -0.25) is 4.79 Å². The van der Waals surface area contributed by atoms with Gasteiger partial charge >= 0.3 is 0 Å². The molecule has 4 heteroatoms. The van der Waals surface area contributed by atoms with Crippen LogP contribution in [0.25, 0.3) is 11.1 Å². The number of carbonyl (C=O) groups excluding carboxylic acids is 1. The Morgan fingerprint density at radius 3 is 2.29 bits per heavy atom. The average Bonchev–Trinajstić information content (AvgIpc) is 2.50. The van der Waals surface area contributed by atoms with Crippen molar-refractivity contribution >= 4 is 29.0 Å². The number of Topliss-reactive ketones (excluding diaryl/α,β-unsaturated/α-hetero) is 1. The third-order valence-corrected chi connectivity index (χ3v) is 3.77. The van der Waals surface area contributed by atoms with Gasteiger partial charge in [0.25, 0.3) is 0 Å². The van der Waals surface area contributed by atoms with Crippen LogP contribution >= 0.6 is 23.2 Å². The first-order chi connectivity index (χ1) is 10.1. The number of benzene rings is 2. The van der Waals surface area contributed by atoms with Crippen LogP contribution in [-0.2, 0) is 0 Å². The van der Waals surface area contributed by atoms with Crippen molar-refractivity contribution in [3.05, 3.63) is 52.0 Å². The molecule has 0 aliphatic carbocycles. The number of ether oxygens (including phenoxy) is 1. The molecule has 0 heterocycles. The summed E-state index contributed by atoms with van der Waals surface area (Å²) in [5, 5.41) is 1.09. The molecule has 21 heavy (non-hydrogen) atoms. The molecular formula is C17H16Cl2O2. The lowest BCUT2D eigenvalue weighted by molar-refractivity contribution is 0.0988. The zero-order chi connectivity index (χ0) is 15.4. The van der Waals surface area contributed by atoms with Crippen LogP contribution < -0.4 is 4.74 Å². The molecule has 0 aliphatic rings. The van der Waals surface area contributed by atoms with Crippen molar-refractivity contribution in [1.82, 2.24) is 0 Å². The topological polar surface area (TPSA) is 26.3 Å². The van der Waals surface area contributed by atoms with Crippen LogP contribution in [0.3, 0.4) is 0 Å². The van der Waals surface area contributed by atoms with Crippen LogP contribution in [0.4, 0.5) is 0 Å². The Hall–Kier alpha value is -1.51. The summed E-state index contributed by atoms with van der Waals surface area (Å²) in [5.41, 5.74) is 2.44. The van der Waals surface area contributed by atoms with E-state index >= 15 is 0 Å². The van der Waals surface area contributed by atoms with E-state index in [0.29, 0.717) is 34.4 Å². The quantitative estimate of drug-likeness (QED) is 0.664. The fourth-order valence-electron chi connectivity index (χ4n) is 2.06. The van der Waals surface area contributed by atoms with Gasteiger partial charge in [0, 0.05) is 23.6 Å². The van der Waals surface area contributed by atoms with Gasteiger partial charge in [-0.15, -0.1) is 0 Å². The third kappa shape index (κ3) is 3.58. The van der Waals surface area contributed by atoms with E-state index in [1.165, 1.54) is 0 Å². The summed E-state index contributed by atoms with van der Waals surface area (Å²) in [4.78, 5) is 11.6. The minimum atomic E-state index is 0.123. The number of hydrogen-bond acceptors (Lipinski definition) is 2. The molecule has 0 N–H and O–H groups in total. The maximum Gasteiger partial charge on any atom is 0.162 e. The molecule has 0 bridgehead atoms. The van der Waals surface area contributed by atoms with Crippen LogP contribution in [0.1, 0.15) is 30.6 Å². The van der Waals surface area contributed by atoms with Crippen molar-refractivity contribution in [2.45, 2.75) is 20.3 Å². The Bertz CT molecular complexity index is 649. The molecule has 0 saturated carbocycles. The van der Waals surface area contributed by atoms with Gasteiger partial charge < -0.3 is 4.74 Å². The van der Waals surface area contributed by atoms with Crippen molar-refractivity contribution in [2.24, 2.45) is 0 Å². The summed E-state index contributed by atoms with van der Waals surface area (Å²) in [6, 6.07) is 10.9. The van der Waals surface area contributed by atoms with Gasteiger partial charge in [-0.2, -0.15) is 0 Å². The number of hydrogen-bond donors (Lipinski definition) is 0. The van der Waals surface area contributed by atoms with E-state index in [2.05, 4.69) is 0 Å². The van der Waals surface area contributed by atoms with Gasteiger partial charge in [-0.05, 0) is 18.6 Å². The molecule has 0 unspecified atom stereocenters. The van der Waals surface area contributed by atoms with E-state index in [1.54, 1.807) is 12.1 Å². The Kier molecular flexibility index (Phi) is 5.27. The minimum Gasteiger partial charge on any atom is -0.492 e. The molecule has 0 aliphatic heterocycles. The Balaban J connectivity index is 2.38. The average molecular weight is 323 g/mol. The van der Waals surface area contributed by atoms with Gasteiger partial charge in [0.2, 0.25) is 0 Å². The Morgan fingerprint density at radius 1 is 1.05 bits per heavy atom. The molecule has 0 amide bonds. The highest BCUT2D eigenvalue weighted by Gasteiger charge is 2.11. The molecule has 0 atom stereocenters. The van der Waals surface area contributed by atoms with Gasteiger partial charge in [-0.1, -0.05) is 54.4 Å². The molecule has 0 aromatic heterocycles. The van der Waals surface area contributed by atoms with Crippen molar-refractivity contribution in [3.8, 4) is 16.9 Å². The van der Waals surface area contributed by atoms with E-state index in [0.717, 1.165) is 11.1 Å². The van der Waals surface area contributed by atoms with Crippen LogP contribution in [0.5, 0.6) is 5.75 Å². The molecular weight excluding hydrogens is 307 g/mol. The number of rotatable bonds is 5.